The van der Waals surface area contributed by atoms with Crippen LogP contribution in [0.3, 0.4) is 0 Å². The molecule has 1 aromatic heterocycles. The Bertz CT molecular complexity index is 382. The average Bonchev–Trinajstić information content (AvgIpc) is 2.70. The van der Waals surface area contributed by atoms with Crippen molar-refractivity contribution in [3.63, 3.8) is 0 Å². The van der Waals surface area contributed by atoms with E-state index in [2.05, 4.69) is 25.9 Å². The summed E-state index contributed by atoms with van der Waals surface area (Å²) in [6.45, 7) is 2.93. The molecule has 16 heavy (non-hydrogen) atoms. The molecule has 0 aliphatic carbocycles. The Labute approximate surface area is 102 Å². The molecular formula is C10H12BrN3O2. The molecule has 0 saturated carbocycles. The van der Waals surface area contributed by atoms with Crippen molar-refractivity contribution in [2.75, 3.05) is 13.1 Å². The molecule has 1 saturated heterocycles. The summed E-state index contributed by atoms with van der Waals surface area (Å²) in [6.07, 6.45) is 4.11. The standard InChI is InChI=1S/C10H12BrN3O2/c1-7(15)14-3-2-9(6-14)16-10-12-4-8(11)5-13-10/h4-5,9H,2-3,6H2,1H3. The van der Waals surface area contributed by atoms with Crippen LogP contribution in [0.5, 0.6) is 6.01 Å². The maximum absolute atomic E-state index is 11.1. The first-order chi connectivity index (χ1) is 7.65. The van der Waals surface area contributed by atoms with Gasteiger partial charge < -0.3 is 9.64 Å². The number of nitrogens with zero attached hydrogens (tertiary/aromatic N) is 3. The summed E-state index contributed by atoms with van der Waals surface area (Å²) in [5.41, 5.74) is 0. The highest BCUT2D eigenvalue weighted by Crippen LogP contribution is 2.15. The molecule has 6 heteroatoms. The fourth-order valence-corrected chi connectivity index (χ4v) is 1.83. The molecule has 1 amide bonds. The third kappa shape index (κ3) is 2.69. The lowest BCUT2D eigenvalue weighted by Gasteiger charge is -2.14. The quantitative estimate of drug-likeness (QED) is 0.820. The van der Waals surface area contributed by atoms with Crippen LogP contribution in [0.4, 0.5) is 0 Å². The van der Waals surface area contributed by atoms with E-state index in [0.29, 0.717) is 12.6 Å². The molecule has 1 aromatic rings. The van der Waals surface area contributed by atoms with Crippen LogP contribution in [0.25, 0.3) is 0 Å². The molecule has 5 nitrogen and oxygen atoms in total. The Morgan fingerprint density at radius 2 is 2.25 bits per heavy atom. The van der Waals surface area contributed by atoms with Gasteiger partial charge in [0.15, 0.2) is 0 Å². The molecule has 1 aliphatic heterocycles. The Hall–Kier alpha value is -1.17. The second-order valence-electron chi connectivity index (χ2n) is 3.68. The third-order valence-electron chi connectivity index (χ3n) is 2.46. The van der Waals surface area contributed by atoms with Crippen molar-refractivity contribution in [3.05, 3.63) is 16.9 Å². The predicted molar refractivity (Wildman–Crippen MR) is 61.0 cm³/mol. The maximum Gasteiger partial charge on any atom is 0.316 e. The smallest absolute Gasteiger partial charge is 0.316 e. The van der Waals surface area contributed by atoms with Crippen molar-refractivity contribution in [3.8, 4) is 6.01 Å². The fourth-order valence-electron chi connectivity index (χ4n) is 1.62. The Morgan fingerprint density at radius 3 is 2.81 bits per heavy atom. The number of hydrogen-bond acceptors (Lipinski definition) is 4. The van der Waals surface area contributed by atoms with Crippen molar-refractivity contribution in [2.24, 2.45) is 0 Å². The zero-order chi connectivity index (χ0) is 11.5. The van der Waals surface area contributed by atoms with Gasteiger partial charge in [-0.1, -0.05) is 0 Å². The van der Waals surface area contributed by atoms with Gasteiger partial charge in [-0.25, -0.2) is 9.97 Å². The predicted octanol–water partition coefficient (Wildman–Crippen LogP) is 1.24. The Morgan fingerprint density at radius 1 is 1.56 bits per heavy atom. The molecule has 0 N–H and O–H groups in total. The lowest BCUT2D eigenvalue weighted by atomic mass is 10.3. The van der Waals surface area contributed by atoms with Gasteiger partial charge in [0.25, 0.3) is 0 Å². The van der Waals surface area contributed by atoms with Crippen LogP contribution < -0.4 is 4.74 Å². The lowest BCUT2D eigenvalue weighted by molar-refractivity contribution is -0.128. The number of aromatic nitrogens is 2. The van der Waals surface area contributed by atoms with E-state index in [0.717, 1.165) is 17.4 Å². The molecule has 1 unspecified atom stereocenters. The van der Waals surface area contributed by atoms with Crippen molar-refractivity contribution < 1.29 is 9.53 Å². The monoisotopic (exact) mass is 285 g/mol. The minimum Gasteiger partial charge on any atom is -0.458 e. The summed E-state index contributed by atoms with van der Waals surface area (Å²) in [6, 6.07) is 0.360. The van der Waals surface area contributed by atoms with Gasteiger partial charge in [0.2, 0.25) is 5.91 Å². The summed E-state index contributed by atoms with van der Waals surface area (Å²) >= 11 is 3.25. The second-order valence-corrected chi connectivity index (χ2v) is 4.59. The number of likely N-dealkylation sites (tertiary alicyclic amines) is 1. The van der Waals surface area contributed by atoms with Crippen LogP contribution in [0.2, 0.25) is 0 Å². The summed E-state index contributed by atoms with van der Waals surface area (Å²) in [5, 5.41) is 0. The van der Waals surface area contributed by atoms with E-state index >= 15 is 0 Å². The molecule has 0 aromatic carbocycles. The Kier molecular flexibility index (Phi) is 3.38. The molecular weight excluding hydrogens is 274 g/mol. The van der Waals surface area contributed by atoms with E-state index in [1.807, 2.05) is 0 Å². The number of halogens is 1. The highest BCUT2D eigenvalue weighted by atomic mass is 79.9. The summed E-state index contributed by atoms with van der Waals surface area (Å²) in [7, 11) is 0. The van der Waals surface area contributed by atoms with Crippen molar-refractivity contribution in [1.82, 2.24) is 14.9 Å². The van der Waals surface area contributed by atoms with Gasteiger partial charge in [0.1, 0.15) is 6.10 Å². The first-order valence-corrected chi connectivity index (χ1v) is 5.84. The first kappa shape index (κ1) is 11.3. The number of carbonyl (C=O) groups is 1. The molecule has 1 fully saturated rings. The number of carbonyl (C=O) groups excluding carboxylic acids is 1. The largest absolute Gasteiger partial charge is 0.458 e. The zero-order valence-corrected chi connectivity index (χ0v) is 10.5. The summed E-state index contributed by atoms with van der Waals surface area (Å²) < 4.78 is 6.39. The first-order valence-electron chi connectivity index (χ1n) is 5.05. The zero-order valence-electron chi connectivity index (χ0n) is 8.89. The van der Waals surface area contributed by atoms with E-state index in [-0.39, 0.29) is 12.0 Å². The van der Waals surface area contributed by atoms with E-state index in [9.17, 15) is 4.79 Å². The lowest BCUT2D eigenvalue weighted by Crippen LogP contribution is -2.28. The van der Waals surface area contributed by atoms with Gasteiger partial charge in [0.05, 0.1) is 11.0 Å². The van der Waals surface area contributed by atoms with Crippen molar-refractivity contribution in [2.45, 2.75) is 19.4 Å². The molecule has 86 valence electrons. The summed E-state index contributed by atoms with van der Waals surface area (Å²) in [4.78, 5) is 20.9. The van der Waals surface area contributed by atoms with Gasteiger partial charge in [-0.2, -0.15) is 0 Å². The maximum atomic E-state index is 11.1. The summed E-state index contributed by atoms with van der Waals surface area (Å²) in [5.74, 6) is 0.0859. The molecule has 1 atom stereocenters. The van der Waals surface area contributed by atoms with Crippen LogP contribution in [0.1, 0.15) is 13.3 Å². The Balaban J connectivity index is 1.92. The fraction of sp³-hybridized carbons (Fsp3) is 0.500. The van der Waals surface area contributed by atoms with E-state index in [4.69, 9.17) is 4.74 Å². The SMILES string of the molecule is CC(=O)N1CCC(Oc2ncc(Br)cn2)C1. The second kappa shape index (κ2) is 4.78. The van der Waals surface area contributed by atoms with E-state index in [1.54, 1.807) is 24.2 Å². The highest BCUT2D eigenvalue weighted by Gasteiger charge is 2.26. The molecule has 1 aliphatic rings. The van der Waals surface area contributed by atoms with Crippen molar-refractivity contribution >= 4 is 21.8 Å². The molecule has 2 heterocycles. The minimum absolute atomic E-state index is 0.00470. The number of amides is 1. The van der Waals surface area contributed by atoms with Crippen LogP contribution in [0.15, 0.2) is 16.9 Å². The van der Waals surface area contributed by atoms with E-state index < -0.39 is 0 Å². The molecule has 0 radical (unpaired) electrons. The average molecular weight is 286 g/mol. The van der Waals surface area contributed by atoms with Gasteiger partial charge in [-0.3, -0.25) is 4.79 Å². The van der Waals surface area contributed by atoms with Gasteiger partial charge in [0, 0.05) is 32.3 Å². The molecule has 0 spiro atoms. The van der Waals surface area contributed by atoms with Gasteiger partial charge in [-0.05, 0) is 15.9 Å². The van der Waals surface area contributed by atoms with E-state index in [1.165, 1.54) is 0 Å². The molecule has 0 bridgehead atoms. The van der Waals surface area contributed by atoms with Crippen LogP contribution >= 0.6 is 15.9 Å². The highest BCUT2D eigenvalue weighted by molar-refractivity contribution is 9.10. The van der Waals surface area contributed by atoms with Crippen LogP contribution in [0, 0.1) is 0 Å². The topological polar surface area (TPSA) is 55.3 Å². The minimum atomic E-state index is 0.00470. The third-order valence-corrected chi connectivity index (χ3v) is 2.87. The van der Waals surface area contributed by atoms with Crippen LogP contribution in [-0.4, -0.2) is 40.0 Å². The normalized spacial score (nSPS) is 19.9. The van der Waals surface area contributed by atoms with Gasteiger partial charge in [-0.15, -0.1) is 0 Å². The van der Waals surface area contributed by atoms with Crippen molar-refractivity contribution in [1.29, 1.82) is 0 Å². The number of hydrogen-bond donors (Lipinski definition) is 0. The van der Waals surface area contributed by atoms with Gasteiger partial charge >= 0.3 is 6.01 Å². The molecule has 2 rings (SSSR count). The number of rotatable bonds is 2. The van der Waals surface area contributed by atoms with Crippen LogP contribution in [-0.2, 0) is 4.79 Å². The number of ether oxygens (including phenoxy) is 1.